The first kappa shape index (κ1) is 15.5. The van der Waals surface area contributed by atoms with E-state index in [1.165, 1.54) is 12.1 Å². The second kappa shape index (κ2) is 6.02. The smallest absolute Gasteiger partial charge is 0.242 e. The summed E-state index contributed by atoms with van der Waals surface area (Å²) in [4.78, 5) is 26.6. The van der Waals surface area contributed by atoms with E-state index in [2.05, 4.69) is 15.6 Å². The van der Waals surface area contributed by atoms with Gasteiger partial charge in [0.1, 0.15) is 11.9 Å². The molecule has 1 aromatic carbocycles. The molecule has 122 valence electrons. The summed E-state index contributed by atoms with van der Waals surface area (Å²) in [6, 6.07) is 2.47. The SMILES string of the molecule is CCc1[nH]c2c(CNC(=O)[C@@H]3CCC(=O)N3)cc(F)cc2c1C. The molecule has 3 N–H and O–H groups in total. The van der Waals surface area contributed by atoms with Gasteiger partial charge in [-0.25, -0.2) is 4.39 Å². The minimum atomic E-state index is -0.483. The third-order valence-electron chi connectivity index (χ3n) is 4.44. The van der Waals surface area contributed by atoms with Crippen LogP contribution in [0.1, 0.15) is 36.6 Å². The summed E-state index contributed by atoms with van der Waals surface area (Å²) >= 11 is 0. The number of fused-ring (bicyclic) bond motifs is 1. The van der Waals surface area contributed by atoms with E-state index in [1.54, 1.807) is 0 Å². The number of aromatic nitrogens is 1. The topological polar surface area (TPSA) is 74.0 Å². The van der Waals surface area contributed by atoms with E-state index >= 15 is 0 Å². The predicted molar refractivity (Wildman–Crippen MR) is 85.4 cm³/mol. The number of amides is 2. The fraction of sp³-hybridized carbons (Fsp3) is 0.412. The van der Waals surface area contributed by atoms with Gasteiger partial charge < -0.3 is 15.6 Å². The van der Waals surface area contributed by atoms with Gasteiger partial charge in [-0.3, -0.25) is 9.59 Å². The molecule has 23 heavy (non-hydrogen) atoms. The third kappa shape index (κ3) is 2.93. The van der Waals surface area contributed by atoms with Crippen molar-refractivity contribution in [3.05, 3.63) is 34.8 Å². The van der Waals surface area contributed by atoms with Crippen molar-refractivity contribution in [2.24, 2.45) is 0 Å². The molecule has 0 radical (unpaired) electrons. The predicted octanol–water partition coefficient (Wildman–Crippen LogP) is 2.07. The van der Waals surface area contributed by atoms with Crippen LogP contribution in [-0.2, 0) is 22.6 Å². The number of carbonyl (C=O) groups excluding carboxylic acids is 2. The van der Waals surface area contributed by atoms with Crippen LogP contribution in [0.25, 0.3) is 10.9 Å². The molecular weight excluding hydrogens is 297 g/mol. The number of nitrogens with one attached hydrogen (secondary N) is 3. The molecule has 1 atom stereocenters. The highest BCUT2D eigenvalue weighted by molar-refractivity contribution is 5.91. The van der Waals surface area contributed by atoms with Crippen LogP contribution in [0.3, 0.4) is 0 Å². The van der Waals surface area contributed by atoms with Gasteiger partial charge in [0.05, 0.1) is 5.52 Å². The molecule has 2 heterocycles. The van der Waals surface area contributed by atoms with Crippen molar-refractivity contribution in [1.82, 2.24) is 15.6 Å². The van der Waals surface area contributed by atoms with Crippen LogP contribution in [0, 0.1) is 12.7 Å². The van der Waals surface area contributed by atoms with Gasteiger partial charge in [-0.2, -0.15) is 0 Å². The molecule has 1 fully saturated rings. The van der Waals surface area contributed by atoms with Crippen molar-refractivity contribution < 1.29 is 14.0 Å². The Kier molecular flexibility index (Phi) is 4.07. The van der Waals surface area contributed by atoms with Crippen molar-refractivity contribution in [3.8, 4) is 0 Å². The van der Waals surface area contributed by atoms with Gasteiger partial charge >= 0.3 is 0 Å². The highest BCUT2D eigenvalue weighted by Gasteiger charge is 2.27. The molecule has 0 bridgehead atoms. The average molecular weight is 317 g/mol. The molecule has 1 aliphatic rings. The number of benzene rings is 1. The molecule has 3 rings (SSSR count). The summed E-state index contributed by atoms with van der Waals surface area (Å²) in [6.45, 7) is 4.23. The first-order chi connectivity index (χ1) is 11.0. The Morgan fingerprint density at radius 1 is 1.43 bits per heavy atom. The zero-order valence-corrected chi connectivity index (χ0v) is 13.3. The van der Waals surface area contributed by atoms with Gasteiger partial charge in [0, 0.05) is 24.0 Å². The Morgan fingerprint density at radius 3 is 2.87 bits per heavy atom. The summed E-state index contributed by atoms with van der Waals surface area (Å²) in [5.41, 5.74) is 3.68. The van der Waals surface area contributed by atoms with Crippen molar-refractivity contribution in [2.75, 3.05) is 0 Å². The van der Waals surface area contributed by atoms with Crippen LogP contribution in [0.5, 0.6) is 0 Å². The molecule has 0 spiro atoms. The molecule has 0 unspecified atom stereocenters. The molecule has 0 aliphatic carbocycles. The molecule has 2 amide bonds. The quantitative estimate of drug-likeness (QED) is 0.807. The normalized spacial score (nSPS) is 17.5. The van der Waals surface area contributed by atoms with Crippen molar-refractivity contribution in [1.29, 1.82) is 0 Å². The molecule has 1 saturated heterocycles. The van der Waals surface area contributed by atoms with E-state index in [4.69, 9.17) is 0 Å². The summed E-state index contributed by atoms with van der Waals surface area (Å²) in [5, 5.41) is 6.26. The number of carbonyl (C=O) groups is 2. The van der Waals surface area contributed by atoms with Gasteiger partial charge in [-0.15, -0.1) is 0 Å². The minimum Gasteiger partial charge on any atom is -0.358 e. The molecule has 2 aromatic rings. The van der Waals surface area contributed by atoms with Crippen LogP contribution in [0.15, 0.2) is 12.1 Å². The van der Waals surface area contributed by atoms with E-state index in [1.807, 2.05) is 13.8 Å². The highest BCUT2D eigenvalue weighted by atomic mass is 19.1. The van der Waals surface area contributed by atoms with E-state index in [-0.39, 0.29) is 24.2 Å². The van der Waals surface area contributed by atoms with E-state index in [0.717, 1.165) is 28.6 Å². The van der Waals surface area contributed by atoms with Crippen LogP contribution < -0.4 is 10.6 Å². The van der Waals surface area contributed by atoms with Gasteiger partial charge in [0.15, 0.2) is 0 Å². The molecule has 1 aromatic heterocycles. The van der Waals surface area contributed by atoms with Crippen molar-refractivity contribution in [3.63, 3.8) is 0 Å². The number of hydrogen-bond donors (Lipinski definition) is 3. The third-order valence-corrected chi connectivity index (χ3v) is 4.44. The lowest BCUT2D eigenvalue weighted by atomic mass is 10.1. The van der Waals surface area contributed by atoms with Crippen molar-refractivity contribution in [2.45, 2.75) is 45.7 Å². The number of rotatable bonds is 4. The Bertz CT molecular complexity index is 782. The monoisotopic (exact) mass is 317 g/mol. The lowest BCUT2D eigenvalue weighted by Gasteiger charge is -2.11. The first-order valence-electron chi connectivity index (χ1n) is 7.86. The number of halogens is 1. The summed E-state index contributed by atoms with van der Waals surface area (Å²) in [7, 11) is 0. The minimum absolute atomic E-state index is 0.106. The summed E-state index contributed by atoms with van der Waals surface area (Å²) in [6.07, 6.45) is 1.71. The fourth-order valence-corrected chi connectivity index (χ4v) is 3.12. The molecule has 1 aliphatic heterocycles. The Hall–Kier alpha value is -2.37. The Labute approximate surface area is 133 Å². The first-order valence-corrected chi connectivity index (χ1v) is 7.86. The molecular formula is C17H20FN3O2. The number of hydrogen-bond acceptors (Lipinski definition) is 2. The lowest BCUT2D eigenvalue weighted by Crippen LogP contribution is -2.41. The summed E-state index contributed by atoms with van der Waals surface area (Å²) < 4.78 is 13.9. The van der Waals surface area contributed by atoms with E-state index < -0.39 is 6.04 Å². The summed E-state index contributed by atoms with van der Waals surface area (Å²) in [5.74, 6) is -0.654. The number of aromatic amines is 1. The van der Waals surface area contributed by atoms with E-state index in [0.29, 0.717) is 18.4 Å². The number of aryl methyl sites for hydroxylation is 2. The van der Waals surface area contributed by atoms with Crippen LogP contribution in [0.4, 0.5) is 4.39 Å². The van der Waals surface area contributed by atoms with Crippen molar-refractivity contribution >= 4 is 22.7 Å². The maximum Gasteiger partial charge on any atom is 0.242 e. The average Bonchev–Trinajstić information content (AvgIpc) is 3.09. The van der Waals surface area contributed by atoms with Crippen LogP contribution >= 0.6 is 0 Å². The van der Waals surface area contributed by atoms with E-state index in [9.17, 15) is 14.0 Å². The van der Waals surface area contributed by atoms with Gasteiger partial charge in [-0.1, -0.05) is 6.92 Å². The molecule has 6 heteroatoms. The Morgan fingerprint density at radius 2 is 2.22 bits per heavy atom. The largest absolute Gasteiger partial charge is 0.358 e. The van der Waals surface area contributed by atoms with Gasteiger partial charge in [-0.05, 0) is 43.0 Å². The zero-order valence-electron chi connectivity index (χ0n) is 13.3. The Balaban J connectivity index is 1.82. The van der Waals surface area contributed by atoms with Gasteiger partial charge in [0.25, 0.3) is 0 Å². The van der Waals surface area contributed by atoms with Gasteiger partial charge in [0.2, 0.25) is 11.8 Å². The maximum atomic E-state index is 13.9. The van der Waals surface area contributed by atoms with Crippen LogP contribution in [-0.4, -0.2) is 22.8 Å². The standard InChI is InChI=1S/C17H20FN3O2/c1-3-13-9(2)12-7-11(18)6-10(16(12)21-13)8-19-17(23)14-4-5-15(22)20-14/h6-7,14,21H,3-5,8H2,1-2H3,(H,19,23)(H,20,22)/t14-/m0/s1. The molecule has 5 nitrogen and oxygen atoms in total. The zero-order chi connectivity index (χ0) is 16.6. The second-order valence-electron chi connectivity index (χ2n) is 5.95. The maximum absolute atomic E-state index is 13.9. The lowest BCUT2D eigenvalue weighted by molar-refractivity contribution is -0.125. The second-order valence-corrected chi connectivity index (χ2v) is 5.95. The van der Waals surface area contributed by atoms with Crippen LogP contribution in [0.2, 0.25) is 0 Å². The molecule has 0 saturated carbocycles. The highest BCUT2D eigenvalue weighted by Crippen LogP contribution is 2.26. The fourth-order valence-electron chi connectivity index (χ4n) is 3.12. The number of H-pyrrole nitrogens is 1.